The van der Waals surface area contributed by atoms with Gasteiger partial charge in [0.25, 0.3) is 0 Å². The summed E-state index contributed by atoms with van der Waals surface area (Å²) < 4.78 is 24.7. The topological polar surface area (TPSA) is 46.2 Å². The molecule has 0 unspecified atom stereocenters. The first-order valence-electron chi connectivity index (χ1n) is 4.57. The molecule has 1 rings (SSSR count). The van der Waals surface area contributed by atoms with Crippen LogP contribution in [0.1, 0.15) is 32.6 Å². The van der Waals surface area contributed by atoms with Gasteiger partial charge in [-0.25, -0.2) is 13.1 Å². The van der Waals surface area contributed by atoms with E-state index < -0.39 is 10.0 Å². The van der Waals surface area contributed by atoms with Gasteiger partial charge in [-0.15, -0.1) is 11.6 Å². The molecule has 78 valence electrons. The van der Waals surface area contributed by atoms with Gasteiger partial charge in [0, 0.05) is 6.54 Å². The number of rotatable bonds is 5. The van der Waals surface area contributed by atoms with E-state index in [9.17, 15) is 8.42 Å². The highest BCUT2D eigenvalue weighted by molar-refractivity contribution is 7.90. The Morgan fingerprint density at radius 3 is 2.38 bits per heavy atom. The molecule has 0 atom stereocenters. The molecule has 1 aliphatic carbocycles. The molecule has 1 saturated carbocycles. The van der Waals surface area contributed by atoms with E-state index >= 15 is 0 Å². The molecule has 0 heterocycles. The van der Waals surface area contributed by atoms with Gasteiger partial charge in [-0.05, 0) is 24.7 Å². The van der Waals surface area contributed by atoms with E-state index in [-0.39, 0.29) is 10.6 Å². The molecule has 0 bridgehead atoms. The second-order valence-electron chi connectivity index (χ2n) is 3.75. The van der Waals surface area contributed by atoms with Crippen LogP contribution in [0.4, 0.5) is 0 Å². The van der Waals surface area contributed by atoms with Crippen molar-refractivity contribution in [2.45, 2.75) is 32.6 Å². The average molecular weight is 226 g/mol. The van der Waals surface area contributed by atoms with Crippen LogP contribution < -0.4 is 4.72 Å². The Kier molecular flexibility index (Phi) is 3.60. The van der Waals surface area contributed by atoms with Crippen LogP contribution in [0.25, 0.3) is 0 Å². The SMILES string of the molecule is CCC1(CNS(=O)(=O)CCl)CCC1. The molecule has 0 aliphatic heterocycles. The van der Waals surface area contributed by atoms with E-state index in [1.807, 2.05) is 0 Å². The van der Waals surface area contributed by atoms with E-state index in [1.165, 1.54) is 6.42 Å². The van der Waals surface area contributed by atoms with Crippen LogP contribution >= 0.6 is 11.6 Å². The molecule has 0 saturated heterocycles. The van der Waals surface area contributed by atoms with Crippen LogP contribution in [-0.4, -0.2) is 20.2 Å². The predicted molar refractivity (Wildman–Crippen MR) is 54.2 cm³/mol. The smallest absolute Gasteiger partial charge is 0.214 e. The third kappa shape index (κ3) is 2.82. The quantitative estimate of drug-likeness (QED) is 0.724. The maximum absolute atomic E-state index is 11.1. The van der Waals surface area contributed by atoms with Gasteiger partial charge in [-0.2, -0.15) is 0 Å². The molecular weight excluding hydrogens is 210 g/mol. The van der Waals surface area contributed by atoms with Crippen molar-refractivity contribution in [3.05, 3.63) is 0 Å². The molecule has 1 N–H and O–H groups in total. The predicted octanol–water partition coefficient (Wildman–Crippen LogP) is 1.68. The molecule has 0 radical (unpaired) electrons. The zero-order chi connectivity index (χ0) is 9.95. The first-order valence-corrected chi connectivity index (χ1v) is 6.76. The highest BCUT2D eigenvalue weighted by Gasteiger charge is 2.35. The Labute approximate surface area is 84.9 Å². The third-order valence-corrected chi connectivity index (χ3v) is 4.71. The van der Waals surface area contributed by atoms with Crippen molar-refractivity contribution in [1.29, 1.82) is 0 Å². The Hall–Kier alpha value is 0.200. The monoisotopic (exact) mass is 225 g/mol. The lowest BCUT2D eigenvalue weighted by Crippen LogP contribution is -2.41. The minimum Gasteiger partial charge on any atom is -0.214 e. The Balaban J connectivity index is 2.41. The van der Waals surface area contributed by atoms with Crippen molar-refractivity contribution < 1.29 is 8.42 Å². The second kappa shape index (κ2) is 4.15. The van der Waals surface area contributed by atoms with Crippen LogP contribution in [0.15, 0.2) is 0 Å². The van der Waals surface area contributed by atoms with E-state index in [0.717, 1.165) is 19.3 Å². The summed E-state index contributed by atoms with van der Waals surface area (Å²) >= 11 is 5.28. The van der Waals surface area contributed by atoms with Gasteiger partial charge in [0.2, 0.25) is 10.0 Å². The molecule has 0 amide bonds. The summed E-state index contributed by atoms with van der Waals surface area (Å²) in [6, 6.07) is 0. The Morgan fingerprint density at radius 1 is 1.46 bits per heavy atom. The fourth-order valence-electron chi connectivity index (χ4n) is 1.63. The number of halogens is 1. The Bertz CT molecular complexity index is 254. The molecule has 0 aromatic rings. The largest absolute Gasteiger partial charge is 0.225 e. The van der Waals surface area contributed by atoms with Crippen LogP contribution in [0.3, 0.4) is 0 Å². The Morgan fingerprint density at radius 2 is 2.08 bits per heavy atom. The minimum absolute atomic E-state index is 0.221. The van der Waals surface area contributed by atoms with Gasteiger partial charge in [0.05, 0.1) is 0 Å². The zero-order valence-corrected chi connectivity index (χ0v) is 9.42. The standard InChI is InChI=1S/C8H16ClNO2S/c1-2-8(4-3-5-8)6-10-13(11,12)7-9/h10H,2-7H2,1H3. The lowest BCUT2D eigenvalue weighted by molar-refractivity contribution is 0.133. The lowest BCUT2D eigenvalue weighted by Gasteiger charge is -2.41. The normalized spacial score (nSPS) is 21.1. The summed E-state index contributed by atoms with van der Waals surface area (Å²) in [5.41, 5.74) is 0.221. The van der Waals surface area contributed by atoms with Crippen molar-refractivity contribution in [3.63, 3.8) is 0 Å². The molecule has 3 nitrogen and oxygen atoms in total. The highest BCUT2D eigenvalue weighted by Crippen LogP contribution is 2.43. The summed E-state index contributed by atoms with van der Waals surface area (Å²) in [4.78, 5) is 0. The van der Waals surface area contributed by atoms with Crippen LogP contribution in [-0.2, 0) is 10.0 Å². The first kappa shape index (κ1) is 11.3. The molecule has 1 fully saturated rings. The van der Waals surface area contributed by atoms with Crippen LogP contribution in [0.2, 0.25) is 0 Å². The lowest BCUT2D eigenvalue weighted by atomic mass is 9.67. The van der Waals surface area contributed by atoms with Crippen molar-refractivity contribution >= 4 is 21.6 Å². The van der Waals surface area contributed by atoms with E-state index in [1.54, 1.807) is 0 Å². The average Bonchev–Trinajstić information content (AvgIpc) is 2.03. The van der Waals surface area contributed by atoms with Gasteiger partial charge in [0.1, 0.15) is 5.21 Å². The summed E-state index contributed by atoms with van der Waals surface area (Å²) in [5.74, 6) is 0. The molecule has 13 heavy (non-hydrogen) atoms. The van der Waals surface area contributed by atoms with Crippen molar-refractivity contribution in [3.8, 4) is 0 Å². The second-order valence-corrected chi connectivity index (χ2v) is 6.14. The fraction of sp³-hybridized carbons (Fsp3) is 1.00. The van der Waals surface area contributed by atoms with Gasteiger partial charge in [-0.3, -0.25) is 0 Å². The maximum atomic E-state index is 11.1. The molecule has 0 aromatic carbocycles. The molecule has 5 heteroatoms. The van der Waals surface area contributed by atoms with Crippen LogP contribution in [0, 0.1) is 5.41 Å². The van der Waals surface area contributed by atoms with Gasteiger partial charge in [-0.1, -0.05) is 13.3 Å². The number of hydrogen-bond donors (Lipinski definition) is 1. The van der Waals surface area contributed by atoms with Crippen molar-refractivity contribution in [2.75, 3.05) is 11.8 Å². The third-order valence-electron chi connectivity index (χ3n) is 2.97. The summed E-state index contributed by atoms with van der Waals surface area (Å²) in [6.45, 7) is 2.66. The zero-order valence-electron chi connectivity index (χ0n) is 7.85. The van der Waals surface area contributed by atoms with Crippen molar-refractivity contribution in [2.24, 2.45) is 5.41 Å². The number of hydrogen-bond acceptors (Lipinski definition) is 2. The van der Waals surface area contributed by atoms with E-state index in [4.69, 9.17) is 11.6 Å². The maximum Gasteiger partial charge on any atom is 0.225 e. The molecule has 0 aromatic heterocycles. The number of alkyl halides is 1. The van der Waals surface area contributed by atoms with E-state index in [0.29, 0.717) is 6.54 Å². The fourth-order valence-corrected chi connectivity index (χ4v) is 2.47. The van der Waals surface area contributed by atoms with Gasteiger partial charge >= 0.3 is 0 Å². The number of sulfonamides is 1. The molecular formula is C8H16ClNO2S. The highest BCUT2D eigenvalue weighted by atomic mass is 35.5. The molecule has 1 aliphatic rings. The number of nitrogens with one attached hydrogen (secondary N) is 1. The summed E-state index contributed by atoms with van der Waals surface area (Å²) in [7, 11) is -3.22. The van der Waals surface area contributed by atoms with Gasteiger partial charge < -0.3 is 0 Å². The van der Waals surface area contributed by atoms with Gasteiger partial charge in [0.15, 0.2) is 0 Å². The molecule has 0 spiro atoms. The first-order chi connectivity index (χ1) is 6.04. The van der Waals surface area contributed by atoms with Crippen molar-refractivity contribution in [1.82, 2.24) is 4.72 Å². The minimum atomic E-state index is -3.22. The summed E-state index contributed by atoms with van der Waals surface area (Å²) in [6.07, 6.45) is 4.52. The van der Waals surface area contributed by atoms with Crippen LogP contribution in [0.5, 0.6) is 0 Å². The summed E-state index contributed by atoms with van der Waals surface area (Å²) in [5, 5.41) is -0.340. The van der Waals surface area contributed by atoms with E-state index in [2.05, 4.69) is 11.6 Å².